The van der Waals surface area contributed by atoms with Crippen LogP contribution in [0.3, 0.4) is 0 Å². The zero-order valence-electron chi connectivity index (χ0n) is 29.9. The van der Waals surface area contributed by atoms with Gasteiger partial charge < -0.3 is 25.2 Å². The number of rotatable bonds is 36. The number of nitrogens with two attached hydrogens (primary N) is 1. The van der Waals surface area contributed by atoms with Crippen LogP contribution in [0.4, 0.5) is 0 Å². The number of unbranched alkanes of at least 4 members (excludes halogenated alkanes) is 20. The van der Waals surface area contributed by atoms with Gasteiger partial charge in [-0.25, -0.2) is 4.57 Å². The zero-order chi connectivity index (χ0) is 34.9. The number of carboxylic acid groups (broad SMARTS) is 1. The highest BCUT2D eigenvalue weighted by Gasteiger charge is 2.27. The molecule has 11 heteroatoms. The van der Waals surface area contributed by atoms with Gasteiger partial charge in [0, 0.05) is 13.0 Å². The Bertz CT molecular complexity index is 811. The Morgan fingerprint density at radius 1 is 0.660 bits per heavy atom. The number of esters is 1. The minimum absolute atomic E-state index is 0.0184. The molecule has 0 aromatic rings. The fraction of sp³-hybridized carbons (Fsp3) is 0.889. The Labute approximate surface area is 286 Å². The summed E-state index contributed by atoms with van der Waals surface area (Å²) in [6.45, 7) is 3.85. The van der Waals surface area contributed by atoms with Crippen molar-refractivity contribution in [2.24, 2.45) is 5.73 Å². The van der Waals surface area contributed by atoms with Gasteiger partial charge in [0.15, 0.2) is 0 Å². The third-order valence-electron chi connectivity index (χ3n) is 8.04. The van der Waals surface area contributed by atoms with Crippen molar-refractivity contribution >= 4 is 19.8 Å². The van der Waals surface area contributed by atoms with Crippen molar-refractivity contribution in [2.75, 3.05) is 26.4 Å². The topological polar surface area (TPSA) is 155 Å². The van der Waals surface area contributed by atoms with E-state index in [4.69, 9.17) is 24.8 Å². The molecule has 3 unspecified atom stereocenters. The Morgan fingerprint density at radius 3 is 1.64 bits per heavy atom. The van der Waals surface area contributed by atoms with Crippen LogP contribution >= 0.6 is 7.82 Å². The maximum atomic E-state index is 12.5. The Hall–Kier alpha value is -1.29. The van der Waals surface area contributed by atoms with Crippen LogP contribution in [0, 0.1) is 0 Å². The standard InChI is InChI=1S/C36H70NO9P/c1-3-5-7-9-11-13-15-17-18-20-22-24-26-28-35(38)46-33(31-44-47(41,42)45-32-34(37)36(39)40)30-43-29-27-25-23-21-19-16-14-12-10-8-6-4-2/h13,15,33-34H,3-12,14,16-32,37H2,1-2H3,(H,39,40)(H,41,42)/b15-13-. The maximum Gasteiger partial charge on any atom is 0.472 e. The number of carboxylic acids is 1. The summed E-state index contributed by atoms with van der Waals surface area (Å²) >= 11 is 0. The van der Waals surface area contributed by atoms with E-state index in [-0.39, 0.29) is 13.0 Å². The number of phosphoric acid groups is 1. The van der Waals surface area contributed by atoms with E-state index in [1.54, 1.807) is 0 Å². The number of allylic oxidation sites excluding steroid dienone is 2. The average molecular weight is 692 g/mol. The van der Waals surface area contributed by atoms with E-state index >= 15 is 0 Å². The van der Waals surface area contributed by atoms with E-state index in [1.807, 2.05) is 0 Å². The number of hydrogen-bond acceptors (Lipinski definition) is 8. The number of aliphatic carboxylic acids is 1. The molecule has 0 spiro atoms. The predicted octanol–water partition coefficient (Wildman–Crippen LogP) is 9.42. The third-order valence-corrected chi connectivity index (χ3v) is 9.00. The summed E-state index contributed by atoms with van der Waals surface area (Å²) < 4.78 is 33.2. The lowest BCUT2D eigenvalue weighted by Crippen LogP contribution is -2.34. The fourth-order valence-electron chi connectivity index (χ4n) is 5.07. The Kier molecular flexibility index (Phi) is 32.3. The molecule has 0 amide bonds. The molecule has 0 bridgehead atoms. The molecule has 0 aliphatic carbocycles. The molecule has 4 N–H and O–H groups in total. The van der Waals surface area contributed by atoms with Gasteiger partial charge in [-0.3, -0.25) is 18.6 Å². The smallest absolute Gasteiger partial charge is 0.472 e. The molecule has 10 nitrogen and oxygen atoms in total. The Balaban J connectivity index is 4.32. The van der Waals surface area contributed by atoms with Gasteiger partial charge in [0.05, 0.1) is 19.8 Å². The van der Waals surface area contributed by atoms with Gasteiger partial charge in [0.25, 0.3) is 0 Å². The highest BCUT2D eigenvalue weighted by Crippen LogP contribution is 2.43. The number of ether oxygens (including phenoxy) is 2. The molecule has 0 fully saturated rings. The van der Waals surface area contributed by atoms with Gasteiger partial charge in [-0.2, -0.15) is 0 Å². The van der Waals surface area contributed by atoms with Crippen molar-refractivity contribution in [1.82, 2.24) is 0 Å². The van der Waals surface area contributed by atoms with E-state index in [0.29, 0.717) is 13.0 Å². The third kappa shape index (κ3) is 33.0. The molecule has 0 aromatic heterocycles. The second-order valence-corrected chi connectivity index (χ2v) is 14.2. The number of hydrogen-bond donors (Lipinski definition) is 3. The molecule has 47 heavy (non-hydrogen) atoms. The molecule has 0 aromatic carbocycles. The van der Waals surface area contributed by atoms with E-state index < -0.39 is 45.1 Å². The molecule has 0 saturated carbocycles. The molecular formula is C36H70NO9P. The van der Waals surface area contributed by atoms with Crippen molar-refractivity contribution in [1.29, 1.82) is 0 Å². The summed E-state index contributed by atoms with van der Waals surface area (Å²) in [4.78, 5) is 33.3. The van der Waals surface area contributed by atoms with Crippen molar-refractivity contribution in [3.63, 3.8) is 0 Å². The quantitative estimate of drug-likeness (QED) is 0.0250. The molecule has 0 aliphatic heterocycles. The number of carbonyl (C=O) groups excluding carboxylic acids is 1. The molecule has 0 rings (SSSR count). The first-order valence-electron chi connectivity index (χ1n) is 18.7. The largest absolute Gasteiger partial charge is 0.480 e. The predicted molar refractivity (Wildman–Crippen MR) is 189 cm³/mol. The molecule has 0 saturated heterocycles. The first kappa shape index (κ1) is 45.7. The summed E-state index contributed by atoms with van der Waals surface area (Å²) in [5.41, 5.74) is 5.33. The molecule has 0 heterocycles. The van der Waals surface area contributed by atoms with Gasteiger partial charge in [0.2, 0.25) is 0 Å². The van der Waals surface area contributed by atoms with E-state index in [0.717, 1.165) is 51.4 Å². The lowest BCUT2D eigenvalue weighted by atomic mass is 10.1. The van der Waals surface area contributed by atoms with Gasteiger partial charge in [-0.05, 0) is 38.5 Å². The van der Waals surface area contributed by atoms with Crippen molar-refractivity contribution < 1.29 is 42.7 Å². The molecule has 278 valence electrons. The summed E-state index contributed by atoms with van der Waals surface area (Å²) in [5, 5.41) is 8.85. The van der Waals surface area contributed by atoms with Crippen LogP contribution in [-0.2, 0) is 32.7 Å². The molecule has 0 aliphatic rings. The van der Waals surface area contributed by atoms with Crippen LogP contribution in [0.5, 0.6) is 0 Å². The monoisotopic (exact) mass is 691 g/mol. The van der Waals surface area contributed by atoms with E-state index in [1.165, 1.54) is 89.9 Å². The number of phosphoric ester groups is 1. The highest BCUT2D eigenvalue weighted by molar-refractivity contribution is 7.47. The van der Waals surface area contributed by atoms with Gasteiger partial charge in [0.1, 0.15) is 12.1 Å². The first-order chi connectivity index (χ1) is 22.7. The van der Waals surface area contributed by atoms with Crippen LogP contribution in [0.1, 0.15) is 168 Å². The maximum absolute atomic E-state index is 12.5. The molecular weight excluding hydrogens is 621 g/mol. The average Bonchev–Trinajstić information content (AvgIpc) is 3.04. The van der Waals surface area contributed by atoms with E-state index in [2.05, 4.69) is 30.5 Å². The van der Waals surface area contributed by atoms with Crippen molar-refractivity contribution in [3.05, 3.63) is 12.2 Å². The summed E-state index contributed by atoms with van der Waals surface area (Å²) in [6.07, 6.45) is 31.2. The minimum Gasteiger partial charge on any atom is -0.480 e. The fourth-order valence-corrected chi connectivity index (χ4v) is 5.85. The molecule has 3 atom stereocenters. The van der Waals surface area contributed by atoms with Gasteiger partial charge >= 0.3 is 19.8 Å². The summed E-state index contributed by atoms with van der Waals surface area (Å²) in [7, 11) is -4.60. The van der Waals surface area contributed by atoms with E-state index in [9.17, 15) is 19.0 Å². The highest BCUT2D eigenvalue weighted by atomic mass is 31.2. The minimum atomic E-state index is -4.60. The summed E-state index contributed by atoms with van der Waals surface area (Å²) in [6, 6.07) is -1.47. The first-order valence-corrected chi connectivity index (χ1v) is 20.2. The van der Waals surface area contributed by atoms with Gasteiger partial charge in [-0.1, -0.05) is 135 Å². The van der Waals surface area contributed by atoms with Crippen LogP contribution < -0.4 is 5.73 Å². The summed E-state index contributed by atoms with van der Waals surface area (Å²) in [5.74, 6) is -1.78. The zero-order valence-corrected chi connectivity index (χ0v) is 30.8. The second-order valence-electron chi connectivity index (χ2n) is 12.7. The van der Waals surface area contributed by atoms with Crippen LogP contribution in [0.25, 0.3) is 0 Å². The van der Waals surface area contributed by atoms with Gasteiger partial charge in [-0.15, -0.1) is 0 Å². The van der Waals surface area contributed by atoms with Crippen LogP contribution in [-0.4, -0.2) is 60.5 Å². The van der Waals surface area contributed by atoms with Crippen LogP contribution in [0.15, 0.2) is 12.2 Å². The lowest BCUT2D eigenvalue weighted by molar-refractivity contribution is -0.154. The SMILES string of the molecule is CCCCCC/C=C\CCCCCCCC(=O)OC(COCCCCCCCCCCCCCC)COP(=O)(O)OCC(N)C(=O)O. The Morgan fingerprint density at radius 2 is 1.11 bits per heavy atom. The molecule has 0 radical (unpaired) electrons. The normalized spacial score (nSPS) is 14.3. The van der Waals surface area contributed by atoms with Crippen molar-refractivity contribution in [3.8, 4) is 0 Å². The number of carbonyl (C=O) groups is 2. The second kappa shape index (κ2) is 33.2. The van der Waals surface area contributed by atoms with Crippen molar-refractivity contribution in [2.45, 2.75) is 180 Å². The van der Waals surface area contributed by atoms with Crippen LogP contribution in [0.2, 0.25) is 0 Å². The lowest BCUT2D eigenvalue weighted by Gasteiger charge is -2.20.